The van der Waals surface area contributed by atoms with E-state index in [9.17, 15) is 27.2 Å². The summed E-state index contributed by atoms with van der Waals surface area (Å²) in [5.41, 5.74) is 2.13. The minimum Gasteiger partial charge on any atom is -0.493 e. The fourth-order valence-corrected chi connectivity index (χ4v) is 4.99. The summed E-state index contributed by atoms with van der Waals surface area (Å²) >= 11 is 0. The van der Waals surface area contributed by atoms with E-state index in [0.29, 0.717) is 68.1 Å². The molecule has 4 rings (SSSR count). The van der Waals surface area contributed by atoms with Crippen LogP contribution in [0.4, 0.5) is 17.6 Å². The van der Waals surface area contributed by atoms with Gasteiger partial charge in [0.05, 0.1) is 29.7 Å². The summed E-state index contributed by atoms with van der Waals surface area (Å²) in [5, 5.41) is 2.55. The number of benzene rings is 2. The molecule has 2 amide bonds. The molecule has 0 bridgehead atoms. The molecule has 11 heteroatoms. The third-order valence-corrected chi connectivity index (χ3v) is 6.93. The van der Waals surface area contributed by atoms with Crippen LogP contribution in [0.1, 0.15) is 47.2 Å². The third-order valence-electron chi connectivity index (χ3n) is 6.93. The molecule has 2 heterocycles. The molecular formula is C28H31F4N3O4. The normalized spacial score (nSPS) is 14.6. The Kier molecular flexibility index (Phi) is 8.79. The average Bonchev–Trinajstić information content (AvgIpc) is 3.30. The second-order valence-electron chi connectivity index (χ2n) is 9.42. The first kappa shape index (κ1) is 28.4. The van der Waals surface area contributed by atoms with Crippen molar-refractivity contribution in [3.05, 3.63) is 65.1 Å². The Morgan fingerprint density at radius 2 is 1.87 bits per heavy atom. The highest BCUT2D eigenvalue weighted by Gasteiger charge is 2.38. The smallest absolute Gasteiger partial charge is 0.471 e. The topological polar surface area (TPSA) is 72.8 Å². The molecule has 0 unspecified atom stereocenters. The molecular weight excluding hydrogens is 518 g/mol. The Balaban J connectivity index is 1.49. The number of carbonyl (C=O) groups excluding carboxylic acids is 2. The maximum Gasteiger partial charge on any atom is 0.471 e. The third kappa shape index (κ3) is 6.35. The number of halogens is 4. The van der Waals surface area contributed by atoms with Gasteiger partial charge in [-0.1, -0.05) is 18.2 Å². The van der Waals surface area contributed by atoms with Crippen molar-refractivity contribution in [1.29, 1.82) is 0 Å². The van der Waals surface area contributed by atoms with Crippen molar-refractivity contribution in [3.63, 3.8) is 0 Å². The Hall–Kier alpha value is -3.60. The summed E-state index contributed by atoms with van der Waals surface area (Å²) in [6.07, 6.45) is -2.19. The number of rotatable bonds is 9. The molecule has 0 aliphatic carbocycles. The Morgan fingerprint density at radius 3 is 2.54 bits per heavy atom. The van der Waals surface area contributed by atoms with Crippen LogP contribution >= 0.6 is 0 Å². The molecule has 1 N–H and O–H groups in total. The zero-order valence-electron chi connectivity index (χ0n) is 21.8. The van der Waals surface area contributed by atoms with Gasteiger partial charge in [0.15, 0.2) is 0 Å². The molecule has 0 radical (unpaired) electrons. The van der Waals surface area contributed by atoms with Gasteiger partial charge in [0.2, 0.25) is 0 Å². The predicted molar refractivity (Wildman–Crippen MR) is 137 cm³/mol. The molecule has 1 aliphatic heterocycles. The number of piperidine rings is 1. The van der Waals surface area contributed by atoms with E-state index < -0.39 is 17.9 Å². The van der Waals surface area contributed by atoms with Gasteiger partial charge in [0, 0.05) is 39.5 Å². The average molecular weight is 550 g/mol. The molecule has 210 valence electrons. The van der Waals surface area contributed by atoms with E-state index in [4.69, 9.17) is 9.47 Å². The highest BCUT2D eigenvalue weighted by atomic mass is 19.4. The molecule has 0 spiro atoms. The standard InChI is InChI=1S/C28H31F4N3O4/c1-3-39-24-6-4-5-23-25(24)21(17-35(23)13-14-38-2)26(36)34-11-9-19(10-12-34)20-15-18(7-8-22(20)29)16-33-27(37)28(30,31)32/h4-8,15,17,19H,3,9-14,16H2,1-2H3,(H,33,37). The minimum atomic E-state index is -4.98. The Labute approximate surface area is 223 Å². The van der Waals surface area contributed by atoms with Crippen LogP contribution in [0.15, 0.2) is 42.6 Å². The van der Waals surface area contributed by atoms with Gasteiger partial charge in [-0.3, -0.25) is 9.59 Å². The van der Waals surface area contributed by atoms with E-state index in [0.717, 1.165) is 10.9 Å². The lowest BCUT2D eigenvalue weighted by atomic mass is 9.88. The van der Waals surface area contributed by atoms with Crippen LogP contribution in [-0.2, 0) is 22.6 Å². The predicted octanol–water partition coefficient (Wildman–Crippen LogP) is 5.02. The van der Waals surface area contributed by atoms with E-state index in [1.807, 2.05) is 41.2 Å². The fourth-order valence-electron chi connectivity index (χ4n) is 4.99. The molecule has 0 atom stereocenters. The molecule has 1 fully saturated rings. The number of carbonyl (C=O) groups is 2. The number of nitrogens with one attached hydrogen (secondary N) is 1. The molecule has 2 aromatic carbocycles. The lowest BCUT2D eigenvalue weighted by Crippen LogP contribution is -2.38. The van der Waals surface area contributed by atoms with Crippen LogP contribution in [0.2, 0.25) is 0 Å². The summed E-state index contributed by atoms with van der Waals surface area (Å²) in [6, 6.07) is 9.70. The quantitative estimate of drug-likeness (QED) is 0.381. The van der Waals surface area contributed by atoms with Crippen molar-refractivity contribution in [2.24, 2.45) is 0 Å². The first-order chi connectivity index (χ1) is 18.6. The molecule has 1 saturated heterocycles. The maximum atomic E-state index is 14.7. The van der Waals surface area contributed by atoms with Gasteiger partial charge >= 0.3 is 12.1 Å². The van der Waals surface area contributed by atoms with Crippen molar-refractivity contribution in [3.8, 4) is 5.75 Å². The van der Waals surface area contributed by atoms with Gasteiger partial charge in [-0.2, -0.15) is 13.2 Å². The van der Waals surface area contributed by atoms with Gasteiger partial charge in [-0.05, 0) is 55.0 Å². The van der Waals surface area contributed by atoms with Gasteiger partial charge in [0.25, 0.3) is 5.91 Å². The summed E-state index contributed by atoms with van der Waals surface area (Å²) in [7, 11) is 1.62. The van der Waals surface area contributed by atoms with Crippen molar-refractivity contribution >= 4 is 22.7 Å². The van der Waals surface area contributed by atoms with Crippen molar-refractivity contribution in [2.45, 2.75) is 44.9 Å². The molecule has 0 saturated carbocycles. The largest absolute Gasteiger partial charge is 0.493 e. The van der Waals surface area contributed by atoms with E-state index in [1.165, 1.54) is 18.2 Å². The highest BCUT2D eigenvalue weighted by molar-refractivity contribution is 6.09. The first-order valence-corrected chi connectivity index (χ1v) is 12.8. The van der Waals surface area contributed by atoms with Crippen LogP contribution in [-0.4, -0.2) is 60.9 Å². The van der Waals surface area contributed by atoms with E-state index in [-0.39, 0.29) is 18.4 Å². The lowest BCUT2D eigenvalue weighted by Gasteiger charge is -2.32. The molecule has 7 nitrogen and oxygen atoms in total. The summed E-state index contributed by atoms with van der Waals surface area (Å²) < 4.78 is 65.2. The number of alkyl halides is 3. The molecule has 1 aromatic heterocycles. The van der Waals surface area contributed by atoms with Gasteiger partial charge < -0.3 is 24.3 Å². The highest BCUT2D eigenvalue weighted by Crippen LogP contribution is 2.35. The molecule has 3 aromatic rings. The number of likely N-dealkylation sites (tertiary alicyclic amines) is 1. The van der Waals surface area contributed by atoms with Gasteiger partial charge in [-0.25, -0.2) is 4.39 Å². The van der Waals surface area contributed by atoms with Crippen LogP contribution < -0.4 is 10.1 Å². The molecule has 1 aliphatic rings. The van der Waals surface area contributed by atoms with E-state index in [2.05, 4.69) is 0 Å². The van der Waals surface area contributed by atoms with Crippen LogP contribution in [0.25, 0.3) is 10.9 Å². The number of methoxy groups -OCH3 is 1. The number of fused-ring (bicyclic) bond motifs is 1. The number of amides is 2. The molecule has 39 heavy (non-hydrogen) atoms. The number of hydrogen-bond donors (Lipinski definition) is 1. The first-order valence-electron chi connectivity index (χ1n) is 12.8. The van der Waals surface area contributed by atoms with Gasteiger partial charge in [-0.15, -0.1) is 0 Å². The van der Waals surface area contributed by atoms with E-state index in [1.54, 1.807) is 12.0 Å². The van der Waals surface area contributed by atoms with Crippen molar-refractivity contribution in [1.82, 2.24) is 14.8 Å². The Morgan fingerprint density at radius 1 is 1.13 bits per heavy atom. The zero-order valence-corrected chi connectivity index (χ0v) is 21.8. The monoisotopic (exact) mass is 549 g/mol. The number of nitrogens with zero attached hydrogens (tertiary/aromatic N) is 2. The SMILES string of the molecule is CCOc1cccc2c1c(C(=O)N1CCC(c3cc(CNC(=O)C(F)(F)F)ccc3F)CC1)cn2CCOC. The minimum absolute atomic E-state index is 0.147. The number of ether oxygens (including phenoxy) is 2. The summed E-state index contributed by atoms with van der Waals surface area (Å²) in [6.45, 7) is 3.79. The summed E-state index contributed by atoms with van der Waals surface area (Å²) in [4.78, 5) is 26.5. The zero-order chi connectivity index (χ0) is 28.2. The summed E-state index contributed by atoms with van der Waals surface area (Å²) in [5.74, 6) is -2.24. The second-order valence-corrected chi connectivity index (χ2v) is 9.42. The van der Waals surface area contributed by atoms with E-state index >= 15 is 0 Å². The van der Waals surface area contributed by atoms with Crippen molar-refractivity contribution in [2.75, 3.05) is 33.4 Å². The second kappa shape index (κ2) is 12.1. The number of aromatic nitrogens is 1. The van der Waals surface area contributed by atoms with Crippen molar-refractivity contribution < 1.29 is 36.6 Å². The van der Waals surface area contributed by atoms with Crippen LogP contribution in [0, 0.1) is 5.82 Å². The van der Waals surface area contributed by atoms with Gasteiger partial charge in [0.1, 0.15) is 11.6 Å². The number of hydrogen-bond acceptors (Lipinski definition) is 4. The lowest BCUT2D eigenvalue weighted by molar-refractivity contribution is -0.173. The fraction of sp³-hybridized carbons (Fsp3) is 0.429. The van der Waals surface area contributed by atoms with Crippen LogP contribution in [0.3, 0.4) is 0 Å². The van der Waals surface area contributed by atoms with Crippen LogP contribution in [0.5, 0.6) is 5.75 Å². The Bertz CT molecular complexity index is 1330. The maximum absolute atomic E-state index is 14.7.